The fraction of sp³-hybridized carbons (Fsp3) is 0.333. The highest BCUT2D eigenvalue weighted by atomic mass is 16.5. The molecule has 0 atom stereocenters. The highest BCUT2D eigenvalue weighted by Crippen LogP contribution is 2.08. The van der Waals surface area contributed by atoms with Crippen LogP contribution in [0.2, 0.25) is 0 Å². The maximum Gasteiger partial charge on any atom is 0.251 e. The predicted molar refractivity (Wildman–Crippen MR) is 77.9 cm³/mol. The van der Waals surface area contributed by atoms with Gasteiger partial charge >= 0.3 is 0 Å². The fourth-order valence-electron chi connectivity index (χ4n) is 1.88. The fourth-order valence-corrected chi connectivity index (χ4v) is 1.88. The molecule has 1 aromatic heterocycles. The van der Waals surface area contributed by atoms with E-state index in [0.29, 0.717) is 25.4 Å². The summed E-state index contributed by atoms with van der Waals surface area (Å²) in [6, 6.07) is 11.1. The van der Waals surface area contributed by atoms with Crippen LogP contribution in [0.4, 0.5) is 0 Å². The van der Waals surface area contributed by atoms with Gasteiger partial charge in [0.25, 0.3) is 5.56 Å². The van der Waals surface area contributed by atoms with Gasteiger partial charge in [0, 0.05) is 18.2 Å². The van der Waals surface area contributed by atoms with Crippen LogP contribution in [0.15, 0.2) is 41.2 Å². The Hall–Kier alpha value is -2.14. The van der Waals surface area contributed by atoms with E-state index in [1.165, 1.54) is 6.07 Å². The predicted octanol–water partition coefficient (Wildman–Crippen LogP) is 1.28. The Morgan fingerprint density at radius 3 is 2.75 bits per heavy atom. The third-order valence-electron chi connectivity index (χ3n) is 2.83. The minimum absolute atomic E-state index is 0.123. The summed E-state index contributed by atoms with van der Waals surface area (Å²) in [4.78, 5) is 18.7. The summed E-state index contributed by atoms with van der Waals surface area (Å²) in [5, 5.41) is 0. The molecule has 0 fully saturated rings. The number of benzene rings is 1. The van der Waals surface area contributed by atoms with Gasteiger partial charge in [0.15, 0.2) is 0 Å². The van der Waals surface area contributed by atoms with Crippen LogP contribution in [0.3, 0.4) is 0 Å². The summed E-state index contributed by atoms with van der Waals surface area (Å²) >= 11 is 0. The molecule has 20 heavy (non-hydrogen) atoms. The van der Waals surface area contributed by atoms with E-state index in [1.807, 2.05) is 30.3 Å². The standard InChI is InChI=1S/C15H19N3O2/c16-9-4-5-12-11-15(19)18-14(17-12)8-10-20-13-6-2-1-3-7-13/h1-3,6-7,11H,4-5,8-10,16H2,(H,17,18,19). The van der Waals surface area contributed by atoms with Crippen molar-refractivity contribution in [3.63, 3.8) is 0 Å². The summed E-state index contributed by atoms with van der Waals surface area (Å²) in [5.41, 5.74) is 6.13. The molecule has 5 heteroatoms. The number of ether oxygens (including phenoxy) is 1. The van der Waals surface area contributed by atoms with Crippen molar-refractivity contribution in [3.05, 3.63) is 58.3 Å². The van der Waals surface area contributed by atoms with Gasteiger partial charge < -0.3 is 15.5 Å². The van der Waals surface area contributed by atoms with E-state index in [2.05, 4.69) is 9.97 Å². The molecule has 0 aliphatic carbocycles. The Labute approximate surface area is 117 Å². The summed E-state index contributed by atoms with van der Waals surface area (Å²) in [5.74, 6) is 1.47. The monoisotopic (exact) mass is 273 g/mol. The molecule has 1 aromatic carbocycles. The Morgan fingerprint density at radius 2 is 2.00 bits per heavy atom. The smallest absolute Gasteiger partial charge is 0.251 e. The van der Waals surface area contributed by atoms with Crippen LogP contribution in [-0.4, -0.2) is 23.1 Å². The van der Waals surface area contributed by atoms with Gasteiger partial charge in [-0.25, -0.2) is 4.98 Å². The first-order chi connectivity index (χ1) is 9.78. The highest BCUT2D eigenvalue weighted by Gasteiger charge is 2.02. The second kappa shape index (κ2) is 7.45. The van der Waals surface area contributed by atoms with Crippen molar-refractivity contribution in [2.75, 3.05) is 13.2 Å². The van der Waals surface area contributed by atoms with E-state index in [4.69, 9.17) is 10.5 Å². The number of aryl methyl sites for hydroxylation is 1. The topological polar surface area (TPSA) is 81.0 Å². The normalized spacial score (nSPS) is 10.4. The second-order valence-electron chi connectivity index (χ2n) is 4.49. The van der Waals surface area contributed by atoms with Gasteiger partial charge in [-0.05, 0) is 31.5 Å². The second-order valence-corrected chi connectivity index (χ2v) is 4.49. The van der Waals surface area contributed by atoms with Gasteiger partial charge in [-0.3, -0.25) is 4.79 Å². The molecule has 5 nitrogen and oxygen atoms in total. The lowest BCUT2D eigenvalue weighted by molar-refractivity contribution is 0.318. The average molecular weight is 273 g/mol. The number of nitrogens with two attached hydrogens (primary N) is 1. The van der Waals surface area contributed by atoms with Gasteiger partial charge in [0.2, 0.25) is 0 Å². The number of rotatable bonds is 7. The molecule has 0 unspecified atom stereocenters. The number of para-hydroxylation sites is 1. The van der Waals surface area contributed by atoms with Gasteiger partial charge in [0.05, 0.1) is 6.61 Å². The van der Waals surface area contributed by atoms with Gasteiger partial charge in [-0.1, -0.05) is 18.2 Å². The lowest BCUT2D eigenvalue weighted by Crippen LogP contribution is -2.15. The molecule has 106 valence electrons. The number of H-pyrrole nitrogens is 1. The van der Waals surface area contributed by atoms with Crippen LogP contribution >= 0.6 is 0 Å². The third-order valence-corrected chi connectivity index (χ3v) is 2.83. The first kappa shape index (κ1) is 14.3. The van der Waals surface area contributed by atoms with Gasteiger partial charge in [0.1, 0.15) is 11.6 Å². The summed E-state index contributed by atoms with van der Waals surface area (Å²) in [6.07, 6.45) is 2.13. The lowest BCUT2D eigenvalue weighted by atomic mass is 10.2. The summed E-state index contributed by atoms with van der Waals surface area (Å²) < 4.78 is 5.59. The van der Waals surface area contributed by atoms with E-state index in [1.54, 1.807) is 0 Å². The maximum absolute atomic E-state index is 11.5. The molecule has 0 aliphatic rings. The summed E-state index contributed by atoms with van der Waals surface area (Å²) in [7, 11) is 0. The molecule has 0 saturated heterocycles. The summed E-state index contributed by atoms with van der Waals surface area (Å²) in [6.45, 7) is 1.08. The van der Waals surface area contributed by atoms with Crippen LogP contribution in [0.25, 0.3) is 0 Å². The Kier molecular flexibility index (Phi) is 5.32. The van der Waals surface area contributed by atoms with E-state index >= 15 is 0 Å². The quantitative estimate of drug-likeness (QED) is 0.796. The minimum atomic E-state index is -0.123. The molecule has 2 aromatic rings. The molecule has 0 aliphatic heterocycles. The zero-order valence-corrected chi connectivity index (χ0v) is 11.3. The molecular formula is C15H19N3O2. The molecular weight excluding hydrogens is 254 g/mol. The molecule has 0 radical (unpaired) electrons. The first-order valence-electron chi connectivity index (χ1n) is 6.75. The van der Waals surface area contributed by atoms with E-state index in [-0.39, 0.29) is 5.56 Å². The van der Waals surface area contributed by atoms with Crippen LogP contribution < -0.4 is 16.0 Å². The molecule has 3 N–H and O–H groups in total. The van der Waals surface area contributed by atoms with Crippen molar-refractivity contribution in [2.24, 2.45) is 5.73 Å². The zero-order valence-electron chi connectivity index (χ0n) is 11.3. The third kappa shape index (κ3) is 4.51. The molecule has 0 amide bonds. The van der Waals surface area contributed by atoms with Crippen molar-refractivity contribution < 1.29 is 4.74 Å². The Morgan fingerprint density at radius 1 is 1.20 bits per heavy atom. The van der Waals surface area contributed by atoms with E-state index < -0.39 is 0 Å². The lowest BCUT2D eigenvalue weighted by Gasteiger charge is -2.06. The number of hydrogen-bond acceptors (Lipinski definition) is 4. The van der Waals surface area contributed by atoms with Crippen molar-refractivity contribution in [3.8, 4) is 5.75 Å². The Balaban J connectivity index is 1.92. The Bertz CT molecular complexity index is 581. The number of nitrogens with zero attached hydrogens (tertiary/aromatic N) is 1. The van der Waals surface area contributed by atoms with Gasteiger partial charge in [-0.15, -0.1) is 0 Å². The zero-order chi connectivity index (χ0) is 14.2. The number of nitrogens with one attached hydrogen (secondary N) is 1. The molecule has 0 bridgehead atoms. The molecule has 0 spiro atoms. The minimum Gasteiger partial charge on any atom is -0.493 e. The highest BCUT2D eigenvalue weighted by molar-refractivity contribution is 5.20. The molecule has 0 saturated carbocycles. The van der Waals surface area contributed by atoms with Crippen molar-refractivity contribution in [1.29, 1.82) is 0 Å². The maximum atomic E-state index is 11.5. The van der Waals surface area contributed by atoms with Crippen LogP contribution in [0, 0.1) is 0 Å². The van der Waals surface area contributed by atoms with Crippen molar-refractivity contribution in [2.45, 2.75) is 19.3 Å². The average Bonchev–Trinajstić information content (AvgIpc) is 2.46. The van der Waals surface area contributed by atoms with Crippen molar-refractivity contribution >= 4 is 0 Å². The molecule has 2 rings (SSSR count). The van der Waals surface area contributed by atoms with E-state index in [0.717, 1.165) is 24.3 Å². The number of aromatic amines is 1. The first-order valence-corrected chi connectivity index (χ1v) is 6.75. The molecule has 1 heterocycles. The van der Waals surface area contributed by atoms with Crippen LogP contribution in [0.5, 0.6) is 5.75 Å². The van der Waals surface area contributed by atoms with Crippen LogP contribution in [-0.2, 0) is 12.8 Å². The number of aromatic nitrogens is 2. The van der Waals surface area contributed by atoms with Crippen molar-refractivity contribution in [1.82, 2.24) is 9.97 Å². The van der Waals surface area contributed by atoms with Gasteiger partial charge in [-0.2, -0.15) is 0 Å². The SMILES string of the molecule is NCCCc1cc(=O)[nH]c(CCOc2ccccc2)n1. The van der Waals surface area contributed by atoms with E-state index in [9.17, 15) is 4.79 Å². The number of hydrogen-bond donors (Lipinski definition) is 2. The van der Waals surface area contributed by atoms with Crippen LogP contribution in [0.1, 0.15) is 17.9 Å². The largest absolute Gasteiger partial charge is 0.493 e.